The van der Waals surface area contributed by atoms with Crippen LogP contribution in [0, 0.1) is 11.8 Å². The van der Waals surface area contributed by atoms with Crippen molar-refractivity contribution in [3.8, 4) is 0 Å². The molecule has 19 heavy (non-hydrogen) atoms. The Kier molecular flexibility index (Phi) is 5.26. The predicted octanol–water partition coefficient (Wildman–Crippen LogP) is 1.87. The molecule has 0 bridgehead atoms. The molecule has 0 aromatic heterocycles. The topological polar surface area (TPSA) is 58.2 Å². The van der Waals surface area contributed by atoms with Gasteiger partial charge in [-0.1, -0.05) is 26.7 Å². The van der Waals surface area contributed by atoms with Crippen LogP contribution >= 0.6 is 0 Å². The first kappa shape index (κ1) is 15.3. The van der Waals surface area contributed by atoms with Gasteiger partial charge in [-0.25, -0.2) is 13.1 Å². The summed E-state index contributed by atoms with van der Waals surface area (Å²) in [5.41, 5.74) is 0. The summed E-state index contributed by atoms with van der Waals surface area (Å²) in [6.45, 7) is 5.36. The van der Waals surface area contributed by atoms with Crippen LogP contribution in [0.3, 0.4) is 0 Å². The van der Waals surface area contributed by atoms with E-state index in [2.05, 4.69) is 23.9 Å². The molecule has 1 saturated carbocycles. The van der Waals surface area contributed by atoms with Gasteiger partial charge in [-0.05, 0) is 44.1 Å². The summed E-state index contributed by atoms with van der Waals surface area (Å²) in [6.07, 6.45) is 6.63. The Bertz CT molecular complexity index is 375. The van der Waals surface area contributed by atoms with E-state index in [1.165, 1.54) is 6.42 Å². The van der Waals surface area contributed by atoms with E-state index in [1.807, 2.05) is 0 Å². The molecule has 0 aromatic carbocycles. The largest absolute Gasteiger partial charge is 0.313 e. The molecular weight excluding hydrogens is 260 g/mol. The second-order valence-electron chi connectivity index (χ2n) is 6.49. The van der Waals surface area contributed by atoms with E-state index in [4.69, 9.17) is 0 Å². The third kappa shape index (κ3) is 4.43. The average Bonchev–Trinajstić information content (AvgIpc) is 2.80. The lowest BCUT2D eigenvalue weighted by Crippen LogP contribution is -2.47. The highest BCUT2D eigenvalue weighted by Crippen LogP contribution is 2.30. The third-order valence-electron chi connectivity index (χ3n) is 4.59. The fraction of sp³-hybridized carbons (Fsp3) is 1.00. The lowest BCUT2D eigenvalue weighted by atomic mass is 9.78. The van der Waals surface area contributed by atoms with Gasteiger partial charge in [0, 0.05) is 12.1 Å². The molecule has 2 aliphatic rings. The average molecular weight is 288 g/mol. The Morgan fingerprint density at radius 1 is 1.16 bits per heavy atom. The summed E-state index contributed by atoms with van der Waals surface area (Å²) in [5, 5.41) is 3.26. The molecule has 1 heterocycles. The van der Waals surface area contributed by atoms with Gasteiger partial charge in [0.25, 0.3) is 0 Å². The zero-order chi connectivity index (χ0) is 13.9. The molecule has 0 aromatic rings. The van der Waals surface area contributed by atoms with Crippen molar-refractivity contribution in [2.45, 2.75) is 64.5 Å². The second-order valence-corrected chi connectivity index (χ2v) is 8.29. The van der Waals surface area contributed by atoms with Crippen LogP contribution in [0.4, 0.5) is 0 Å². The lowest BCUT2D eigenvalue weighted by Gasteiger charge is -2.34. The van der Waals surface area contributed by atoms with Crippen molar-refractivity contribution in [3.05, 3.63) is 0 Å². The van der Waals surface area contributed by atoms with Crippen molar-refractivity contribution in [3.63, 3.8) is 0 Å². The van der Waals surface area contributed by atoms with Gasteiger partial charge in [0.1, 0.15) is 0 Å². The summed E-state index contributed by atoms with van der Waals surface area (Å²) >= 11 is 0. The minimum atomic E-state index is -3.14. The highest BCUT2D eigenvalue weighted by atomic mass is 32.2. The Hall–Kier alpha value is -0.130. The third-order valence-corrected chi connectivity index (χ3v) is 6.09. The Balaban J connectivity index is 1.93. The molecule has 1 saturated heterocycles. The second kappa shape index (κ2) is 6.55. The highest BCUT2D eigenvalue weighted by Gasteiger charge is 2.31. The van der Waals surface area contributed by atoms with Gasteiger partial charge in [-0.2, -0.15) is 0 Å². The number of rotatable bonds is 5. The molecule has 0 radical (unpaired) electrons. The van der Waals surface area contributed by atoms with E-state index >= 15 is 0 Å². The quantitative estimate of drug-likeness (QED) is 0.812. The Morgan fingerprint density at radius 2 is 1.89 bits per heavy atom. The fourth-order valence-corrected chi connectivity index (χ4v) is 5.21. The minimum Gasteiger partial charge on any atom is -0.313 e. The highest BCUT2D eigenvalue weighted by molar-refractivity contribution is 7.89. The summed E-state index contributed by atoms with van der Waals surface area (Å²) in [7, 11) is -3.14. The SMILES string of the molecule is CC(C)C1CCCCC1NS(=O)(=O)CC1CCCN1. The number of hydrogen-bond acceptors (Lipinski definition) is 3. The van der Waals surface area contributed by atoms with Gasteiger partial charge in [0.2, 0.25) is 10.0 Å². The summed E-state index contributed by atoms with van der Waals surface area (Å²) in [4.78, 5) is 0. The maximum atomic E-state index is 12.3. The van der Waals surface area contributed by atoms with Crippen molar-refractivity contribution >= 4 is 10.0 Å². The number of sulfonamides is 1. The molecule has 2 N–H and O–H groups in total. The van der Waals surface area contributed by atoms with Gasteiger partial charge in [0.15, 0.2) is 0 Å². The maximum Gasteiger partial charge on any atom is 0.213 e. The molecule has 2 rings (SSSR count). The van der Waals surface area contributed by atoms with Crippen LogP contribution < -0.4 is 10.0 Å². The molecule has 1 aliphatic carbocycles. The summed E-state index contributed by atoms with van der Waals surface area (Å²) in [6, 6.07) is 0.304. The van der Waals surface area contributed by atoms with Crippen LogP contribution in [-0.2, 0) is 10.0 Å². The molecule has 1 aliphatic heterocycles. The van der Waals surface area contributed by atoms with Crippen molar-refractivity contribution in [1.29, 1.82) is 0 Å². The molecule has 2 fully saturated rings. The standard InChI is InChI=1S/C14H28N2O2S/c1-11(2)13-7-3-4-8-14(13)16-19(17,18)10-12-6-5-9-15-12/h11-16H,3-10H2,1-2H3. The minimum absolute atomic E-state index is 0.151. The van der Waals surface area contributed by atoms with Crippen molar-refractivity contribution in [2.24, 2.45) is 11.8 Å². The van der Waals surface area contributed by atoms with E-state index < -0.39 is 10.0 Å². The number of hydrogen-bond donors (Lipinski definition) is 2. The van der Waals surface area contributed by atoms with Crippen molar-refractivity contribution < 1.29 is 8.42 Å². The Labute approximate surface area is 117 Å². The zero-order valence-corrected chi connectivity index (χ0v) is 13.0. The van der Waals surface area contributed by atoms with Crippen LogP contribution in [0.15, 0.2) is 0 Å². The van der Waals surface area contributed by atoms with Crippen molar-refractivity contribution in [1.82, 2.24) is 10.0 Å². The first-order valence-electron chi connectivity index (χ1n) is 7.71. The molecular formula is C14H28N2O2S. The van der Waals surface area contributed by atoms with Gasteiger partial charge in [-0.15, -0.1) is 0 Å². The van der Waals surface area contributed by atoms with Crippen LogP contribution in [0.5, 0.6) is 0 Å². The molecule has 3 atom stereocenters. The van der Waals surface area contributed by atoms with Crippen LogP contribution in [0.1, 0.15) is 52.4 Å². The molecule has 5 heteroatoms. The van der Waals surface area contributed by atoms with E-state index in [1.54, 1.807) is 0 Å². The zero-order valence-electron chi connectivity index (χ0n) is 12.2. The van der Waals surface area contributed by atoms with E-state index in [0.717, 1.165) is 38.6 Å². The van der Waals surface area contributed by atoms with Crippen LogP contribution in [0.25, 0.3) is 0 Å². The van der Waals surface area contributed by atoms with Gasteiger partial charge in [0.05, 0.1) is 5.75 Å². The first-order chi connectivity index (χ1) is 8.98. The number of nitrogens with one attached hydrogen (secondary N) is 2. The normalized spacial score (nSPS) is 32.9. The van der Waals surface area contributed by atoms with Crippen molar-refractivity contribution in [2.75, 3.05) is 12.3 Å². The Morgan fingerprint density at radius 3 is 2.53 bits per heavy atom. The lowest BCUT2D eigenvalue weighted by molar-refractivity contribution is 0.226. The molecule has 0 amide bonds. The van der Waals surface area contributed by atoms with E-state index in [0.29, 0.717) is 11.8 Å². The van der Waals surface area contributed by atoms with Crippen LogP contribution in [-0.4, -0.2) is 32.8 Å². The van der Waals surface area contributed by atoms with Gasteiger partial charge < -0.3 is 5.32 Å². The maximum absolute atomic E-state index is 12.3. The monoisotopic (exact) mass is 288 g/mol. The fourth-order valence-electron chi connectivity index (χ4n) is 3.55. The van der Waals surface area contributed by atoms with Crippen LogP contribution in [0.2, 0.25) is 0 Å². The molecule has 3 unspecified atom stereocenters. The van der Waals surface area contributed by atoms with E-state index in [-0.39, 0.29) is 17.8 Å². The van der Waals surface area contributed by atoms with Gasteiger partial charge in [-0.3, -0.25) is 0 Å². The predicted molar refractivity (Wildman–Crippen MR) is 78.5 cm³/mol. The first-order valence-corrected chi connectivity index (χ1v) is 9.36. The summed E-state index contributed by atoms with van der Waals surface area (Å²) in [5.74, 6) is 1.30. The van der Waals surface area contributed by atoms with E-state index in [9.17, 15) is 8.42 Å². The van der Waals surface area contributed by atoms with Gasteiger partial charge >= 0.3 is 0 Å². The molecule has 0 spiro atoms. The molecule has 4 nitrogen and oxygen atoms in total. The smallest absolute Gasteiger partial charge is 0.213 e. The summed E-state index contributed by atoms with van der Waals surface area (Å²) < 4.78 is 27.5. The molecule has 112 valence electrons.